The summed E-state index contributed by atoms with van der Waals surface area (Å²) in [6, 6.07) is 6.28. The van der Waals surface area contributed by atoms with Gasteiger partial charge in [-0.1, -0.05) is 0 Å². The van der Waals surface area contributed by atoms with E-state index < -0.39 is 16.5 Å². The van der Waals surface area contributed by atoms with Crippen molar-refractivity contribution < 1.29 is 13.9 Å². The summed E-state index contributed by atoms with van der Waals surface area (Å²) in [5, 5.41) is 6.72. The molecule has 33 heavy (non-hydrogen) atoms. The third-order valence-electron chi connectivity index (χ3n) is 7.83. The first-order chi connectivity index (χ1) is 15.9. The van der Waals surface area contributed by atoms with Crippen molar-refractivity contribution in [1.29, 1.82) is 0 Å². The van der Waals surface area contributed by atoms with E-state index in [1.807, 2.05) is 12.3 Å². The van der Waals surface area contributed by atoms with Crippen molar-refractivity contribution in [2.75, 3.05) is 6.54 Å². The van der Waals surface area contributed by atoms with Gasteiger partial charge in [0.15, 0.2) is 0 Å². The van der Waals surface area contributed by atoms with Crippen molar-refractivity contribution in [1.82, 2.24) is 10.3 Å². The minimum absolute atomic E-state index is 0.00688. The topological polar surface area (TPSA) is 111 Å². The molecule has 1 amide bonds. The molecule has 2 saturated heterocycles. The van der Waals surface area contributed by atoms with Crippen LogP contribution in [0.25, 0.3) is 22.0 Å². The number of nitrogens with one attached hydrogen (secondary N) is 2. The van der Waals surface area contributed by atoms with Crippen LogP contribution in [0.15, 0.2) is 29.8 Å². The van der Waals surface area contributed by atoms with E-state index in [2.05, 4.69) is 27.8 Å². The third kappa shape index (κ3) is 3.91. The Morgan fingerprint density at radius 2 is 1.88 bits per heavy atom. The normalized spacial score (nSPS) is 27.2. The Balaban J connectivity index is 1.33. The van der Waals surface area contributed by atoms with E-state index in [-0.39, 0.29) is 16.4 Å². The average molecular weight is 486 g/mol. The van der Waals surface area contributed by atoms with E-state index in [4.69, 9.17) is 5.73 Å². The average Bonchev–Trinajstić information content (AvgIpc) is 3.30. The number of aromatic amines is 1. The molecule has 6 rings (SSSR count). The summed E-state index contributed by atoms with van der Waals surface area (Å²) in [4.78, 5) is 16.9. The number of H-pyrrole nitrogens is 1. The molecule has 0 radical (unpaired) electrons. The van der Waals surface area contributed by atoms with Crippen LogP contribution < -0.4 is 11.1 Å². The minimum Gasteiger partial charge on any atom is -0.366 e. The first-order valence-corrected chi connectivity index (χ1v) is 14.4. The molecule has 2 aliphatic heterocycles. The molecule has 176 valence electrons. The lowest BCUT2D eigenvalue weighted by atomic mass is 9.89. The van der Waals surface area contributed by atoms with Gasteiger partial charge >= 0.3 is 0 Å². The number of hydrogen-bond donors (Lipinski definition) is 5. The van der Waals surface area contributed by atoms with E-state index in [1.165, 1.54) is 23.3 Å². The molecule has 6 N–H and O–H groups in total. The fourth-order valence-corrected chi connectivity index (χ4v) is 9.20. The van der Waals surface area contributed by atoms with Gasteiger partial charge in [0.1, 0.15) is 0 Å². The molecule has 3 aliphatic rings. The number of benzene rings is 1. The van der Waals surface area contributed by atoms with E-state index in [9.17, 15) is 13.9 Å². The van der Waals surface area contributed by atoms with Crippen molar-refractivity contribution in [3.63, 3.8) is 0 Å². The predicted molar refractivity (Wildman–Crippen MR) is 136 cm³/mol. The van der Waals surface area contributed by atoms with Gasteiger partial charge < -0.3 is 16.0 Å². The van der Waals surface area contributed by atoms with Crippen molar-refractivity contribution in [3.8, 4) is 11.1 Å². The smallest absolute Gasteiger partial charge is 0.250 e. The minimum atomic E-state index is -2.47. The van der Waals surface area contributed by atoms with Crippen LogP contribution in [0.4, 0.5) is 0 Å². The zero-order chi connectivity index (χ0) is 22.7. The molecule has 1 unspecified atom stereocenters. The van der Waals surface area contributed by atoms with Crippen LogP contribution in [0.2, 0.25) is 0 Å². The van der Waals surface area contributed by atoms with Crippen molar-refractivity contribution >= 4 is 38.7 Å². The number of hydrogen-bond acceptors (Lipinski definition) is 5. The van der Waals surface area contributed by atoms with E-state index in [1.54, 1.807) is 11.3 Å². The summed E-state index contributed by atoms with van der Waals surface area (Å²) in [6.07, 6.45) is 8.07. The van der Waals surface area contributed by atoms with Crippen LogP contribution in [-0.4, -0.2) is 37.0 Å². The highest BCUT2D eigenvalue weighted by atomic mass is 32.3. The fourth-order valence-electron chi connectivity index (χ4n) is 5.79. The molecule has 0 spiro atoms. The molecule has 3 atom stereocenters. The molecule has 3 fully saturated rings. The second-order valence-electron chi connectivity index (χ2n) is 10.1. The lowest BCUT2D eigenvalue weighted by molar-refractivity contribution is 0.100. The van der Waals surface area contributed by atoms with Gasteiger partial charge in [0.2, 0.25) is 0 Å². The SMILES string of the molecule is NC(=O)c1cc(-c2csc(CNCC3CC3)c2)cc2c(C3C[C@H]4CC[C@@H](C3)S4(O)O)c[nH]c12. The first kappa shape index (κ1) is 21.7. The summed E-state index contributed by atoms with van der Waals surface area (Å²) in [6.45, 7) is 1.96. The lowest BCUT2D eigenvalue weighted by Crippen LogP contribution is -2.28. The van der Waals surface area contributed by atoms with Crippen LogP contribution in [0, 0.1) is 5.92 Å². The summed E-state index contributed by atoms with van der Waals surface area (Å²) >= 11 is 1.74. The number of carbonyl (C=O) groups is 1. The number of primary amides is 1. The van der Waals surface area contributed by atoms with Gasteiger partial charge in [-0.3, -0.25) is 13.9 Å². The quantitative estimate of drug-likeness (QED) is 0.297. The second kappa shape index (κ2) is 8.13. The van der Waals surface area contributed by atoms with E-state index >= 15 is 0 Å². The monoisotopic (exact) mass is 485 g/mol. The summed E-state index contributed by atoms with van der Waals surface area (Å²) < 4.78 is 21.2. The van der Waals surface area contributed by atoms with Gasteiger partial charge in [-0.25, -0.2) is 0 Å². The van der Waals surface area contributed by atoms with Gasteiger partial charge in [0, 0.05) is 33.5 Å². The summed E-state index contributed by atoms with van der Waals surface area (Å²) in [5.74, 6) is 0.682. The van der Waals surface area contributed by atoms with E-state index in [0.29, 0.717) is 5.56 Å². The molecule has 1 aliphatic carbocycles. The summed E-state index contributed by atoms with van der Waals surface area (Å²) in [5.41, 5.74) is 10.4. The fraction of sp³-hybridized carbons (Fsp3) is 0.480. The van der Waals surface area contributed by atoms with Crippen molar-refractivity contribution in [2.24, 2.45) is 11.7 Å². The Bertz CT molecular complexity index is 1200. The highest BCUT2D eigenvalue weighted by Gasteiger charge is 2.47. The molecule has 1 saturated carbocycles. The Labute approximate surface area is 199 Å². The Morgan fingerprint density at radius 3 is 2.58 bits per heavy atom. The molecule has 4 heterocycles. The zero-order valence-electron chi connectivity index (χ0n) is 18.5. The van der Waals surface area contributed by atoms with Crippen LogP contribution in [0.5, 0.6) is 0 Å². The number of amides is 1. The highest BCUT2D eigenvalue weighted by Crippen LogP contribution is 2.66. The van der Waals surface area contributed by atoms with Crippen LogP contribution in [0.3, 0.4) is 0 Å². The molecule has 2 aromatic heterocycles. The maximum absolute atomic E-state index is 12.3. The molecular weight excluding hydrogens is 454 g/mol. The molecule has 1 aromatic carbocycles. The van der Waals surface area contributed by atoms with Crippen LogP contribution in [0.1, 0.15) is 65.2 Å². The summed E-state index contributed by atoms with van der Waals surface area (Å²) in [7, 11) is -2.47. The standard InChI is InChI=1S/C25H31N3O3S2/c26-25(29)22-9-15(17-5-18(32-13-17)11-27-10-14-1-2-14)8-21-23(12-28-24(21)22)16-6-19-3-4-20(7-16)33(19,30)31/h5,8-9,12-14,16,19-20,27-28,30-31H,1-4,6-7,10-11H2,(H2,26,29)/t16?,19-,20+. The largest absolute Gasteiger partial charge is 0.366 e. The molecule has 6 nitrogen and oxygen atoms in total. The molecular formula is C25H31N3O3S2. The van der Waals surface area contributed by atoms with Gasteiger partial charge in [-0.2, -0.15) is 10.6 Å². The highest BCUT2D eigenvalue weighted by molar-refractivity contribution is 8.25. The number of rotatable bonds is 7. The molecule has 2 bridgehead atoms. The number of aromatic nitrogens is 1. The first-order valence-electron chi connectivity index (χ1n) is 11.9. The maximum Gasteiger partial charge on any atom is 0.250 e. The number of nitrogens with two attached hydrogens (primary N) is 1. The number of fused-ring (bicyclic) bond motifs is 3. The lowest BCUT2D eigenvalue weighted by Gasteiger charge is -2.46. The Morgan fingerprint density at radius 1 is 1.12 bits per heavy atom. The van der Waals surface area contributed by atoms with Crippen LogP contribution in [-0.2, 0) is 6.54 Å². The van der Waals surface area contributed by atoms with Gasteiger partial charge in [-0.15, -0.1) is 11.3 Å². The Hall–Kier alpha value is -1.84. The van der Waals surface area contributed by atoms with Gasteiger partial charge in [0.05, 0.1) is 11.1 Å². The number of carbonyl (C=O) groups excluding carboxylic acids is 1. The molecule has 3 aromatic rings. The van der Waals surface area contributed by atoms with Crippen molar-refractivity contribution in [2.45, 2.75) is 61.5 Å². The van der Waals surface area contributed by atoms with Gasteiger partial charge in [-0.05, 0) is 97.2 Å². The predicted octanol–water partition coefficient (Wildman–Crippen LogP) is 5.65. The number of thiophene rings is 1. The van der Waals surface area contributed by atoms with E-state index in [0.717, 1.165) is 66.7 Å². The third-order valence-corrected chi connectivity index (χ3v) is 11.6. The zero-order valence-corrected chi connectivity index (χ0v) is 20.2. The second-order valence-corrected chi connectivity index (χ2v) is 13.7. The molecule has 8 heteroatoms. The van der Waals surface area contributed by atoms with Crippen molar-refractivity contribution in [3.05, 3.63) is 45.8 Å². The Kier molecular flexibility index (Phi) is 5.34. The maximum atomic E-state index is 12.3. The van der Waals surface area contributed by atoms with Gasteiger partial charge in [0.25, 0.3) is 5.91 Å². The van der Waals surface area contributed by atoms with Crippen LogP contribution >= 0.6 is 21.9 Å².